The van der Waals surface area contributed by atoms with Gasteiger partial charge < -0.3 is 11.1 Å². The molecule has 0 fully saturated rings. The minimum absolute atomic E-state index is 0.586. The molecule has 3 N–H and O–H groups in total. The monoisotopic (exact) mass is 147 g/mol. The van der Waals surface area contributed by atoms with E-state index in [9.17, 15) is 0 Å². The van der Waals surface area contributed by atoms with Gasteiger partial charge in [0.15, 0.2) is 0 Å². The largest absolute Gasteiger partial charge is 0.383 e. The number of amidine groups is 1. The van der Waals surface area contributed by atoms with Gasteiger partial charge in [0.2, 0.25) is 0 Å². The van der Waals surface area contributed by atoms with E-state index in [1.165, 1.54) is 0 Å². The number of para-hydroxylation sites is 1. The average Bonchev–Trinajstić information content (AvgIpc) is 2.06. The van der Waals surface area contributed by atoms with Crippen molar-refractivity contribution in [2.24, 2.45) is 10.7 Å². The van der Waals surface area contributed by atoms with Crippen LogP contribution < -0.4 is 11.1 Å². The number of benzene rings is 1. The molecule has 0 bridgehead atoms. The van der Waals surface area contributed by atoms with E-state index >= 15 is 0 Å². The lowest BCUT2D eigenvalue weighted by Gasteiger charge is -2.14. The van der Waals surface area contributed by atoms with E-state index in [1.807, 2.05) is 24.3 Å². The van der Waals surface area contributed by atoms with E-state index in [4.69, 9.17) is 5.73 Å². The zero-order chi connectivity index (χ0) is 7.68. The topological polar surface area (TPSA) is 50.4 Å². The number of nitrogens with zero attached hydrogens (tertiary/aromatic N) is 1. The zero-order valence-electron chi connectivity index (χ0n) is 6.04. The zero-order valence-corrected chi connectivity index (χ0v) is 6.04. The van der Waals surface area contributed by atoms with Crippen molar-refractivity contribution >= 4 is 11.5 Å². The Kier molecular flexibility index (Phi) is 1.28. The molecule has 1 aliphatic heterocycles. The minimum Gasteiger partial charge on any atom is -0.383 e. The fourth-order valence-electron chi connectivity index (χ4n) is 1.16. The van der Waals surface area contributed by atoms with Gasteiger partial charge in [-0.2, -0.15) is 0 Å². The lowest BCUT2D eigenvalue weighted by molar-refractivity contribution is 1.10. The van der Waals surface area contributed by atoms with Crippen molar-refractivity contribution in [2.45, 2.75) is 0 Å². The predicted octanol–water partition coefficient (Wildman–Crippen LogP) is 0.775. The van der Waals surface area contributed by atoms with Crippen LogP contribution in [0.3, 0.4) is 0 Å². The molecule has 1 heterocycles. The first-order valence-corrected chi connectivity index (χ1v) is 3.51. The summed E-state index contributed by atoms with van der Waals surface area (Å²) in [6.07, 6.45) is 0. The summed E-state index contributed by atoms with van der Waals surface area (Å²) in [5.41, 5.74) is 7.72. The molecule has 56 valence electrons. The van der Waals surface area contributed by atoms with Gasteiger partial charge in [0, 0.05) is 11.3 Å². The van der Waals surface area contributed by atoms with Crippen LogP contribution in [-0.2, 0) is 0 Å². The van der Waals surface area contributed by atoms with Crippen LogP contribution in [0, 0.1) is 0 Å². The molecule has 0 unspecified atom stereocenters. The lowest BCUT2D eigenvalue weighted by atomic mass is 10.1. The highest BCUT2D eigenvalue weighted by molar-refractivity contribution is 6.03. The Morgan fingerprint density at radius 2 is 2.18 bits per heavy atom. The van der Waals surface area contributed by atoms with Gasteiger partial charge in [-0.1, -0.05) is 12.1 Å². The summed E-state index contributed by atoms with van der Waals surface area (Å²) in [4.78, 5) is 4.05. The molecule has 1 aromatic carbocycles. The summed E-state index contributed by atoms with van der Waals surface area (Å²) in [6, 6.07) is 7.88. The van der Waals surface area contributed by atoms with E-state index in [-0.39, 0.29) is 0 Å². The Morgan fingerprint density at radius 3 is 3.00 bits per heavy atom. The molecule has 0 saturated carbocycles. The molecular weight excluding hydrogens is 138 g/mol. The number of rotatable bonds is 0. The fraction of sp³-hybridized carbons (Fsp3) is 0.125. The number of nitrogens with one attached hydrogen (secondary N) is 1. The third-order valence-electron chi connectivity index (χ3n) is 1.72. The molecule has 11 heavy (non-hydrogen) atoms. The summed E-state index contributed by atoms with van der Waals surface area (Å²) in [6.45, 7) is 0.586. The van der Waals surface area contributed by atoms with Gasteiger partial charge in [-0.25, -0.2) is 4.99 Å². The van der Waals surface area contributed by atoms with Crippen molar-refractivity contribution in [3.8, 4) is 0 Å². The maximum Gasteiger partial charge on any atom is 0.129 e. The number of hydrogen-bond donors (Lipinski definition) is 2. The molecule has 3 nitrogen and oxygen atoms in total. The molecule has 0 aliphatic carbocycles. The Hall–Kier alpha value is -1.51. The van der Waals surface area contributed by atoms with Crippen LogP contribution in [0.25, 0.3) is 0 Å². The Labute approximate surface area is 64.9 Å². The van der Waals surface area contributed by atoms with E-state index in [0.717, 1.165) is 11.3 Å². The second-order valence-corrected chi connectivity index (χ2v) is 2.42. The summed E-state index contributed by atoms with van der Waals surface area (Å²) in [5, 5.41) is 3.13. The van der Waals surface area contributed by atoms with Crippen LogP contribution in [0.2, 0.25) is 0 Å². The van der Waals surface area contributed by atoms with E-state index in [1.54, 1.807) is 0 Å². The minimum atomic E-state index is 0.586. The highest BCUT2D eigenvalue weighted by atomic mass is 15.1. The SMILES string of the molecule is NC1=NCNc2ccccc21. The summed E-state index contributed by atoms with van der Waals surface area (Å²) in [7, 11) is 0. The molecule has 1 aromatic rings. The number of aliphatic imine (C=N–C) groups is 1. The fourth-order valence-corrected chi connectivity index (χ4v) is 1.16. The number of fused-ring (bicyclic) bond motifs is 1. The molecule has 0 amide bonds. The second kappa shape index (κ2) is 2.27. The average molecular weight is 147 g/mol. The molecule has 0 atom stereocenters. The smallest absolute Gasteiger partial charge is 0.129 e. The van der Waals surface area contributed by atoms with Gasteiger partial charge in [-0.05, 0) is 12.1 Å². The first-order chi connectivity index (χ1) is 5.38. The Balaban J connectivity index is 2.56. The molecule has 1 aliphatic rings. The van der Waals surface area contributed by atoms with Gasteiger partial charge >= 0.3 is 0 Å². The van der Waals surface area contributed by atoms with E-state index in [0.29, 0.717) is 12.5 Å². The van der Waals surface area contributed by atoms with Gasteiger partial charge in [0.05, 0.1) is 0 Å². The summed E-state index contributed by atoms with van der Waals surface area (Å²) < 4.78 is 0. The molecule has 0 spiro atoms. The summed E-state index contributed by atoms with van der Waals surface area (Å²) >= 11 is 0. The third kappa shape index (κ3) is 0.941. The molecule has 3 heteroatoms. The van der Waals surface area contributed by atoms with E-state index < -0.39 is 0 Å². The normalized spacial score (nSPS) is 14.7. The predicted molar refractivity (Wildman–Crippen MR) is 45.7 cm³/mol. The Bertz CT molecular complexity index is 304. The Morgan fingerprint density at radius 1 is 1.36 bits per heavy atom. The van der Waals surface area contributed by atoms with Crippen molar-refractivity contribution in [3.63, 3.8) is 0 Å². The van der Waals surface area contributed by atoms with Crippen molar-refractivity contribution < 1.29 is 0 Å². The number of anilines is 1. The van der Waals surface area contributed by atoms with Crippen LogP contribution in [-0.4, -0.2) is 12.5 Å². The van der Waals surface area contributed by atoms with Crippen molar-refractivity contribution in [2.75, 3.05) is 12.0 Å². The van der Waals surface area contributed by atoms with E-state index in [2.05, 4.69) is 10.3 Å². The van der Waals surface area contributed by atoms with Crippen LogP contribution in [0.4, 0.5) is 5.69 Å². The van der Waals surface area contributed by atoms with Crippen molar-refractivity contribution in [1.82, 2.24) is 0 Å². The molecule has 0 radical (unpaired) electrons. The quantitative estimate of drug-likeness (QED) is 0.569. The lowest BCUT2D eigenvalue weighted by Crippen LogP contribution is -2.22. The van der Waals surface area contributed by atoms with Gasteiger partial charge in [0.1, 0.15) is 12.5 Å². The standard InChI is InChI=1S/C8H9N3/c9-8-6-3-1-2-4-7(6)10-5-11-8/h1-4,10H,5H2,(H2,9,11). The highest BCUT2D eigenvalue weighted by Crippen LogP contribution is 2.16. The first kappa shape index (κ1) is 6.22. The molecule has 0 saturated heterocycles. The number of nitrogens with two attached hydrogens (primary N) is 1. The second-order valence-electron chi connectivity index (χ2n) is 2.42. The van der Waals surface area contributed by atoms with Gasteiger partial charge in [0.25, 0.3) is 0 Å². The van der Waals surface area contributed by atoms with Crippen molar-refractivity contribution in [1.29, 1.82) is 0 Å². The van der Waals surface area contributed by atoms with Gasteiger partial charge in [-0.15, -0.1) is 0 Å². The number of hydrogen-bond acceptors (Lipinski definition) is 3. The van der Waals surface area contributed by atoms with Crippen LogP contribution in [0.5, 0.6) is 0 Å². The van der Waals surface area contributed by atoms with Crippen LogP contribution in [0.15, 0.2) is 29.3 Å². The molecule has 0 aromatic heterocycles. The van der Waals surface area contributed by atoms with Crippen LogP contribution >= 0.6 is 0 Å². The highest BCUT2D eigenvalue weighted by Gasteiger charge is 2.07. The maximum atomic E-state index is 5.66. The maximum absolute atomic E-state index is 5.66. The summed E-state index contributed by atoms with van der Waals surface area (Å²) in [5.74, 6) is 0.624. The molecular formula is C8H9N3. The molecule has 2 rings (SSSR count). The first-order valence-electron chi connectivity index (χ1n) is 3.51. The third-order valence-corrected chi connectivity index (χ3v) is 1.72. The van der Waals surface area contributed by atoms with Crippen molar-refractivity contribution in [3.05, 3.63) is 29.8 Å². The van der Waals surface area contributed by atoms with Gasteiger partial charge in [-0.3, -0.25) is 0 Å². The van der Waals surface area contributed by atoms with Crippen LogP contribution in [0.1, 0.15) is 5.56 Å².